The van der Waals surface area contributed by atoms with Crippen molar-refractivity contribution in [3.63, 3.8) is 0 Å². The SMILES string of the molecule is CCCC(C)[SiH](OC)OC. The predicted molar refractivity (Wildman–Crippen MR) is 45.5 cm³/mol. The smallest absolute Gasteiger partial charge is 0.323 e. The monoisotopic (exact) mass is 162 g/mol. The van der Waals surface area contributed by atoms with Crippen molar-refractivity contribution in [2.45, 2.75) is 32.2 Å². The third-order valence-corrected chi connectivity index (χ3v) is 3.87. The van der Waals surface area contributed by atoms with Crippen LogP contribution in [0, 0.1) is 0 Å². The van der Waals surface area contributed by atoms with Crippen molar-refractivity contribution in [1.29, 1.82) is 0 Å². The summed E-state index contributed by atoms with van der Waals surface area (Å²) in [7, 11) is 2.18. The topological polar surface area (TPSA) is 18.5 Å². The fraction of sp³-hybridized carbons (Fsp3) is 1.00. The Morgan fingerprint density at radius 2 is 1.80 bits per heavy atom. The predicted octanol–water partition coefficient (Wildman–Crippen LogP) is 1.69. The summed E-state index contributed by atoms with van der Waals surface area (Å²) in [4.78, 5) is 0. The van der Waals surface area contributed by atoms with Gasteiger partial charge in [-0.1, -0.05) is 20.3 Å². The Morgan fingerprint density at radius 1 is 1.30 bits per heavy atom. The molecule has 0 aliphatic carbocycles. The number of hydrogen-bond acceptors (Lipinski definition) is 2. The Morgan fingerprint density at radius 3 is 2.10 bits per heavy atom. The van der Waals surface area contributed by atoms with Gasteiger partial charge in [-0.3, -0.25) is 0 Å². The molecule has 0 heterocycles. The zero-order valence-corrected chi connectivity index (χ0v) is 8.54. The lowest BCUT2D eigenvalue weighted by Crippen LogP contribution is -2.24. The van der Waals surface area contributed by atoms with E-state index < -0.39 is 9.28 Å². The summed E-state index contributed by atoms with van der Waals surface area (Å²) < 4.78 is 10.5. The van der Waals surface area contributed by atoms with E-state index in [1.165, 1.54) is 12.8 Å². The van der Waals surface area contributed by atoms with Crippen LogP contribution in [0.25, 0.3) is 0 Å². The molecule has 0 fully saturated rings. The van der Waals surface area contributed by atoms with Crippen molar-refractivity contribution in [2.24, 2.45) is 0 Å². The Balaban J connectivity index is 3.53. The van der Waals surface area contributed by atoms with Gasteiger partial charge in [0.1, 0.15) is 0 Å². The standard InChI is InChI=1S/C7H18O2Si/c1-5-6-7(2)10(8-3)9-4/h7,10H,5-6H2,1-4H3. The van der Waals surface area contributed by atoms with Crippen LogP contribution in [-0.4, -0.2) is 23.5 Å². The summed E-state index contributed by atoms with van der Waals surface area (Å²) in [5, 5.41) is 0. The first-order valence-electron chi connectivity index (χ1n) is 3.81. The molecule has 0 N–H and O–H groups in total. The lowest BCUT2D eigenvalue weighted by atomic mass is 10.3. The Labute approximate surface area is 65.4 Å². The van der Waals surface area contributed by atoms with Gasteiger partial charge in [0.25, 0.3) is 0 Å². The van der Waals surface area contributed by atoms with Crippen LogP contribution in [0.3, 0.4) is 0 Å². The van der Waals surface area contributed by atoms with Gasteiger partial charge in [-0.15, -0.1) is 0 Å². The molecule has 0 aromatic carbocycles. The lowest BCUT2D eigenvalue weighted by Gasteiger charge is -2.17. The molecule has 62 valence electrons. The fourth-order valence-corrected chi connectivity index (χ4v) is 2.88. The summed E-state index contributed by atoms with van der Waals surface area (Å²) in [5.74, 6) is 0. The Hall–Kier alpha value is 0.137. The summed E-state index contributed by atoms with van der Waals surface area (Å²) in [6.45, 7) is 4.39. The van der Waals surface area contributed by atoms with Gasteiger partial charge in [0, 0.05) is 14.2 Å². The maximum absolute atomic E-state index is 5.23. The van der Waals surface area contributed by atoms with E-state index in [4.69, 9.17) is 8.85 Å². The van der Waals surface area contributed by atoms with Crippen molar-refractivity contribution in [1.82, 2.24) is 0 Å². The summed E-state index contributed by atoms with van der Waals surface area (Å²) in [5.41, 5.74) is 0.639. The van der Waals surface area contributed by atoms with E-state index in [-0.39, 0.29) is 0 Å². The Kier molecular flexibility index (Phi) is 5.97. The second-order valence-corrected chi connectivity index (χ2v) is 5.42. The van der Waals surface area contributed by atoms with Crippen molar-refractivity contribution in [3.05, 3.63) is 0 Å². The normalized spacial score (nSPS) is 14.1. The maximum atomic E-state index is 5.23. The van der Waals surface area contributed by atoms with E-state index in [9.17, 15) is 0 Å². The minimum atomic E-state index is -1.30. The molecule has 0 rings (SSSR count). The highest BCUT2D eigenvalue weighted by Gasteiger charge is 2.17. The molecule has 0 saturated carbocycles. The van der Waals surface area contributed by atoms with E-state index in [0.29, 0.717) is 5.54 Å². The molecule has 0 aliphatic rings. The summed E-state index contributed by atoms with van der Waals surface area (Å²) in [6, 6.07) is 0. The van der Waals surface area contributed by atoms with Gasteiger partial charge in [0.2, 0.25) is 0 Å². The molecule has 3 heteroatoms. The van der Waals surface area contributed by atoms with Crippen LogP contribution in [0.2, 0.25) is 5.54 Å². The summed E-state index contributed by atoms with van der Waals surface area (Å²) in [6.07, 6.45) is 2.44. The van der Waals surface area contributed by atoms with Gasteiger partial charge in [-0.2, -0.15) is 0 Å². The Bertz CT molecular complexity index is 74.0. The highest BCUT2D eigenvalue weighted by atomic mass is 28.3. The molecule has 0 aromatic rings. The average Bonchev–Trinajstić information content (AvgIpc) is 1.91. The fourth-order valence-electron chi connectivity index (χ4n) is 1.15. The van der Waals surface area contributed by atoms with Gasteiger partial charge >= 0.3 is 9.28 Å². The second kappa shape index (κ2) is 5.89. The quantitative estimate of drug-likeness (QED) is 0.573. The molecule has 1 atom stereocenters. The highest BCUT2D eigenvalue weighted by molar-refractivity contribution is 6.46. The van der Waals surface area contributed by atoms with Crippen LogP contribution in [0.15, 0.2) is 0 Å². The van der Waals surface area contributed by atoms with Crippen LogP contribution < -0.4 is 0 Å². The van der Waals surface area contributed by atoms with Crippen LogP contribution in [0.1, 0.15) is 26.7 Å². The van der Waals surface area contributed by atoms with Gasteiger partial charge in [-0.05, 0) is 12.0 Å². The second-order valence-electron chi connectivity index (χ2n) is 2.61. The average molecular weight is 162 g/mol. The van der Waals surface area contributed by atoms with Gasteiger partial charge in [0.05, 0.1) is 0 Å². The van der Waals surface area contributed by atoms with Gasteiger partial charge < -0.3 is 8.85 Å². The van der Waals surface area contributed by atoms with Crippen LogP contribution in [0.4, 0.5) is 0 Å². The maximum Gasteiger partial charge on any atom is 0.323 e. The van der Waals surface area contributed by atoms with Gasteiger partial charge in [0.15, 0.2) is 0 Å². The molecule has 0 aromatic heterocycles. The van der Waals surface area contributed by atoms with Crippen molar-refractivity contribution >= 4 is 9.28 Å². The zero-order valence-electron chi connectivity index (χ0n) is 7.39. The molecular formula is C7H18O2Si. The lowest BCUT2D eigenvalue weighted by molar-refractivity contribution is 0.265. The molecule has 10 heavy (non-hydrogen) atoms. The van der Waals surface area contributed by atoms with Crippen molar-refractivity contribution in [3.8, 4) is 0 Å². The molecule has 0 saturated heterocycles. The minimum absolute atomic E-state index is 0.639. The molecule has 2 nitrogen and oxygen atoms in total. The first-order chi connectivity index (χ1) is 4.76. The van der Waals surface area contributed by atoms with Crippen molar-refractivity contribution < 1.29 is 8.85 Å². The molecule has 0 radical (unpaired) electrons. The third kappa shape index (κ3) is 3.34. The van der Waals surface area contributed by atoms with E-state index in [0.717, 1.165) is 0 Å². The molecule has 1 unspecified atom stereocenters. The molecular weight excluding hydrogens is 144 g/mol. The van der Waals surface area contributed by atoms with E-state index >= 15 is 0 Å². The van der Waals surface area contributed by atoms with Gasteiger partial charge in [-0.25, -0.2) is 0 Å². The molecule has 0 bridgehead atoms. The van der Waals surface area contributed by atoms with Crippen LogP contribution in [-0.2, 0) is 8.85 Å². The highest BCUT2D eigenvalue weighted by Crippen LogP contribution is 2.16. The van der Waals surface area contributed by atoms with Crippen molar-refractivity contribution in [2.75, 3.05) is 14.2 Å². The first-order valence-corrected chi connectivity index (χ1v) is 5.42. The van der Waals surface area contributed by atoms with E-state index in [1.54, 1.807) is 14.2 Å². The van der Waals surface area contributed by atoms with Crippen LogP contribution >= 0.6 is 0 Å². The summed E-state index contributed by atoms with van der Waals surface area (Å²) >= 11 is 0. The zero-order chi connectivity index (χ0) is 7.98. The van der Waals surface area contributed by atoms with Crippen LogP contribution in [0.5, 0.6) is 0 Å². The minimum Gasteiger partial charge on any atom is -0.400 e. The molecule has 0 spiro atoms. The third-order valence-electron chi connectivity index (χ3n) is 1.67. The molecule has 0 amide bonds. The largest absolute Gasteiger partial charge is 0.400 e. The number of rotatable bonds is 5. The van der Waals surface area contributed by atoms with E-state index in [2.05, 4.69) is 13.8 Å². The first kappa shape index (κ1) is 10.1. The van der Waals surface area contributed by atoms with E-state index in [1.807, 2.05) is 0 Å². The number of hydrogen-bond donors (Lipinski definition) is 0. The molecule has 0 aliphatic heterocycles.